The quantitative estimate of drug-likeness (QED) is 0.883. The summed E-state index contributed by atoms with van der Waals surface area (Å²) < 4.78 is 1.40. The van der Waals surface area contributed by atoms with E-state index in [1.54, 1.807) is 6.07 Å². The van der Waals surface area contributed by atoms with Gasteiger partial charge in [0.05, 0.1) is 13.0 Å². The standard InChI is InChI=1S/C15H17N3O3/c1-10-4-3-5-12(11(10)2)17-15(21)13-6-8-16-18(13)9-7-14(19)20/h3-6,8H,7,9H2,1-2H3,(H,17,21)(H,19,20). The monoisotopic (exact) mass is 287 g/mol. The smallest absolute Gasteiger partial charge is 0.305 e. The van der Waals surface area contributed by atoms with Crippen LogP contribution >= 0.6 is 0 Å². The summed E-state index contributed by atoms with van der Waals surface area (Å²) in [6.45, 7) is 4.08. The lowest BCUT2D eigenvalue weighted by Gasteiger charge is -2.11. The molecule has 2 N–H and O–H groups in total. The van der Waals surface area contributed by atoms with Crippen molar-refractivity contribution in [2.75, 3.05) is 5.32 Å². The number of hydrogen-bond donors (Lipinski definition) is 2. The van der Waals surface area contributed by atoms with Gasteiger partial charge in [-0.25, -0.2) is 0 Å². The zero-order valence-electron chi connectivity index (χ0n) is 12.0. The Kier molecular flexibility index (Phi) is 4.37. The van der Waals surface area contributed by atoms with Crippen molar-refractivity contribution < 1.29 is 14.7 Å². The summed E-state index contributed by atoms with van der Waals surface area (Å²) in [5.74, 6) is -1.22. The number of rotatable bonds is 5. The highest BCUT2D eigenvalue weighted by atomic mass is 16.4. The fourth-order valence-electron chi connectivity index (χ4n) is 1.98. The van der Waals surface area contributed by atoms with E-state index in [1.807, 2.05) is 32.0 Å². The van der Waals surface area contributed by atoms with Crippen LogP contribution in [0.2, 0.25) is 0 Å². The second kappa shape index (κ2) is 6.21. The molecule has 1 heterocycles. The molecule has 0 bridgehead atoms. The molecule has 0 radical (unpaired) electrons. The Bertz CT molecular complexity index is 677. The van der Waals surface area contributed by atoms with Crippen molar-refractivity contribution in [3.63, 3.8) is 0 Å². The molecule has 21 heavy (non-hydrogen) atoms. The van der Waals surface area contributed by atoms with Gasteiger partial charge in [0.2, 0.25) is 0 Å². The van der Waals surface area contributed by atoms with Gasteiger partial charge in [-0.1, -0.05) is 12.1 Å². The zero-order chi connectivity index (χ0) is 15.4. The molecule has 1 amide bonds. The summed E-state index contributed by atoms with van der Waals surface area (Å²) in [7, 11) is 0. The first-order valence-corrected chi connectivity index (χ1v) is 6.60. The fraction of sp³-hybridized carbons (Fsp3) is 0.267. The van der Waals surface area contributed by atoms with Gasteiger partial charge in [-0.05, 0) is 37.1 Å². The number of carbonyl (C=O) groups is 2. The number of amides is 1. The molecule has 6 nitrogen and oxygen atoms in total. The number of aliphatic carboxylic acids is 1. The molecule has 0 aliphatic heterocycles. The third kappa shape index (κ3) is 3.47. The molecular weight excluding hydrogens is 270 g/mol. The number of aryl methyl sites for hydroxylation is 2. The van der Waals surface area contributed by atoms with Gasteiger partial charge >= 0.3 is 5.97 Å². The Balaban J connectivity index is 2.15. The van der Waals surface area contributed by atoms with Gasteiger partial charge < -0.3 is 10.4 Å². The van der Waals surface area contributed by atoms with Crippen LogP contribution in [0.5, 0.6) is 0 Å². The van der Waals surface area contributed by atoms with E-state index in [2.05, 4.69) is 10.4 Å². The molecule has 2 aromatic rings. The Hall–Kier alpha value is -2.63. The summed E-state index contributed by atoms with van der Waals surface area (Å²) in [4.78, 5) is 22.9. The summed E-state index contributed by atoms with van der Waals surface area (Å²) >= 11 is 0. The number of nitrogens with one attached hydrogen (secondary N) is 1. The van der Waals surface area contributed by atoms with E-state index in [4.69, 9.17) is 5.11 Å². The van der Waals surface area contributed by atoms with Crippen LogP contribution in [-0.4, -0.2) is 26.8 Å². The van der Waals surface area contributed by atoms with Gasteiger partial charge in [0, 0.05) is 11.9 Å². The molecule has 0 fully saturated rings. The van der Waals surface area contributed by atoms with Crippen molar-refractivity contribution in [3.8, 4) is 0 Å². The van der Waals surface area contributed by atoms with Crippen LogP contribution in [0, 0.1) is 13.8 Å². The summed E-state index contributed by atoms with van der Waals surface area (Å²) in [6, 6.07) is 7.25. The molecule has 0 aliphatic rings. The van der Waals surface area contributed by atoms with Crippen LogP contribution in [0.15, 0.2) is 30.5 Å². The van der Waals surface area contributed by atoms with Gasteiger partial charge in [0.15, 0.2) is 0 Å². The van der Waals surface area contributed by atoms with Crippen molar-refractivity contribution in [2.45, 2.75) is 26.8 Å². The highest BCUT2D eigenvalue weighted by Gasteiger charge is 2.14. The minimum atomic E-state index is -0.925. The first-order valence-electron chi connectivity index (χ1n) is 6.60. The molecule has 1 aromatic heterocycles. The van der Waals surface area contributed by atoms with Crippen LogP contribution in [0.1, 0.15) is 28.0 Å². The lowest BCUT2D eigenvalue weighted by atomic mass is 10.1. The number of hydrogen-bond acceptors (Lipinski definition) is 3. The third-order valence-electron chi connectivity index (χ3n) is 3.34. The molecule has 0 saturated heterocycles. The molecule has 0 atom stereocenters. The minimum Gasteiger partial charge on any atom is -0.481 e. The molecular formula is C15H17N3O3. The number of anilines is 1. The average Bonchev–Trinajstić information content (AvgIpc) is 2.90. The van der Waals surface area contributed by atoms with Crippen molar-refractivity contribution in [1.82, 2.24) is 9.78 Å². The van der Waals surface area contributed by atoms with E-state index in [9.17, 15) is 9.59 Å². The predicted molar refractivity (Wildman–Crippen MR) is 78.3 cm³/mol. The van der Waals surface area contributed by atoms with Gasteiger partial charge in [-0.15, -0.1) is 0 Å². The molecule has 0 aliphatic carbocycles. The van der Waals surface area contributed by atoms with Gasteiger partial charge in [-0.2, -0.15) is 5.10 Å². The lowest BCUT2D eigenvalue weighted by Crippen LogP contribution is -2.19. The molecule has 0 spiro atoms. The van der Waals surface area contributed by atoms with Crippen molar-refractivity contribution in [2.24, 2.45) is 0 Å². The fourth-order valence-corrected chi connectivity index (χ4v) is 1.98. The number of carbonyl (C=O) groups excluding carboxylic acids is 1. The Morgan fingerprint density at radius 3 is 2.76 bits per heavy atom. The number of nitrogens with zero attached hydrogens (tertiary/aromatic N) is 2. The molecule has 110 valence electrons. The summed E-state index contributed by atoms with van der Waals surface area (Å²) in [5, 5.41) is 15.5. The van der Waals surface area contributed by atoms with E-state index in [1.165, 1.54) is 10.9 Å². The largest absolute Gasteiger partial charge is 0.481 e. The van der Waals surface area contributed by atoms with E-state index < -0.39 is 5.97 Å². The maximum absolute atomic E-state index is 12.3. The Morgan fingerprint density at radius 2 is 2.05 bits per heavy atom. The topological polar surface area (TPSA) is 84.2 Å². The normalized spacial score (nSPS) is 10.4. The highest BCUT2D eigenvalue weighted by Crippen LogP contribution is 2.18. The number of benzene rings is 1. The third-order valence-corrected chi connectivity index (χ3v) is 3.34. The first kappa shape index (κ1) is 14.8. The van der Waals surface area contributed by atoms with Crippen molar-refractivity contribution in [1.29, 1.82) is 0 Å². The molecule has 0 saturated carbocycles. The molecule has 1 aromatic carbocycles. The Morgan fingerprint density at radius 1 is 1.29 bits per heavy atom. The summed E-state index contributed by atoms with van der Waals surface area (Å²) in [6.07, 6.45) is 1.41. The second-order valence-corrected chi connectivity index (χ2v) is 4.78. The second-order valence-electron chi connectivity index (χ2n) is 4.78. The number of carboxylic acids is 1. The molecule has 6 heteroatoms. The van der Waals surface area contributed by atoms with Crippen LogP contribution in [0.4, 0.5) is 5.69 Å². The van der Waals surface area contributed by atoms with Gasteiger partial charge in [-0.3, -0.25) is 14.3 Å². The average molecular weight is 287 g/mol. The van der Waals surface area contributed by atoms with Gasteiger partial charge in [0.25, 0.3) is 5.91 Å². The first-order chi connectivity index (χ1) is 9.99. The number of carboxylic acid groups (broad SMARTS) is 1. The zero-order valence-corrected chi connectivity index (χ0v) is 12.0. The SMILES string of the molecule is Cc1cccc(NC(=O)c2ccnn2CCC(=O)O)c1C. The highest BCUT2D eigenvalue weighted by molar-refractivity contribution is 6.03. The van der Waals surface area contributed by atoms with E-state index in [0.29, 0.717) is 5.69 Å². The van der Waals surface area contributed by atoms with Crippen LogP contribution < -0.4 is 5.32 Å². The van der Waals surface area contributed by atoms with Crippen molar-refractivity contribution >= 4 is 17.6 Å². The predicted octanol–water partition coefficient (Wildman–Crippen LogP) is 2.23. The molecule has 2 rings (SSSR count). The van der Waals surface area contributed by atoms with E-state index >= 15 is 0 Å². The van der Waals surface area contributed by atoms with Crippen LogP contribution in [0.25, 0.3) is 0 Å². The lowest BCUT2D eigenvalue weighted by molar-refractivity contribution is -0.137. The van der Waals surface area contributed by atoms with Crippen molar-refractivity contribution in [3.05, 3.63) is 47.3 Å². The summed E-state index contributed by atoms with van der Waals surface area (Å²) in [5.41, 5.74) is 3.18. The maximum Gasteiger partial charge on any atom is 0.305 e. The molecule has 0 unspecified atom stereocenters. The van der Waals surface area contributed by atoms with Crippen LogP contribution in [0.3, 0.4) is 0 Å². The van der Waals surface area contributed by atoms with Crippen LogP contribution in [-0.2, 0) is 11.3 Å². The number of aromatic nitrogens is 2. The maximum atomic E-state index is 12.3. The van der Waals surface area contributed by atoms with E-state index in [-0.39, 0.29) is 18.9 Å². The minimum absolute atomic E-state index is 0.0779. The van der Waals surface area contributed by atoms with E-state index in [0.717, 1.165) is 16.8 Å². The van der Waals surface area contributed by atoms with Gasteiger partial charge in [0.1, 0.15) is 5.69 Å². The Labute approximate surface area is 122 Å².